The van der Waals surface area contributed by atoms with Crippen LogP contribution in [0.2, 0.25) is 0 Å². The van der Waals surface area contributed by atoms with Crippen LogP contribution in [0.25, 0.3) is 21.3 Å². The minimum Gasteiger partial charge on any atom is -0.446 e. The number of rotatable bonds is 0. The molecule has 17 aromatic heterocycles. The molecule has 0 aliphatic carbocycles. The number of fused-ring (bicyclic) bond motifs is 2. The first kappa shape index (κ1) is 129. The highest BCUT2D eigenvalue weighted by molar-refractivity contribution is 7.18. The SMILES string of the molecule is Cc1c(C)c(C)c2c(nc(C)n2C)c1C.Cc1nc(C)c(C)c(C)c1C.Cc1nc(C)c(C)o1.Cc1nc(C)c(C)s1.Cc1nc(C)n(C)c1C.Cc1nc(C)n(C)n1.Cc1nc2c(C)c(C)c(C)c(C)c2s1.Cc1nn(C)c(C)c1C.Cc1nnc(C)n1C.Cc1nnc(C)s1.Cc1nnn(C)n1.Cc1nnnn1C.Cc1nnns1.Cc1noc(C)c1C.Cc1nsc(C)c1C.Cc1nsc(C)n1.Cc1nsc(C)n1. The second kappa shape index (κ2) is 61.4. The zero-order valence-electron chi connectivity index (χ0n) is 97.3. The molecule has 19 aromatic rings. The van der Waals surface area contributed by atoms with Gasteiger partial charge >= 0.3 is 0 Å². The Balaban J connectivity index is 0.000000403. The fourth-order valence-corrected chi connectivity index (χ4v) is 16.9. The van der Waals surface area contributed by atoms with E-state index in [0.29, 0.717) is 5.82 Å². The molecule has 0 bridgehead atoms. The van der Waals surface area contributed by atoms with Crippen LogP contribution in [0.1, 0.15) is 255 Å². The smallest absolute Gasteiger partial charge is 0.191 e. The van der Waals surface area contributed by atoms with Crippen molar-refractivity contribution in [3.8, 4) is 0 Å². The van der Waals surface area contributed by atoms with Gasteiger partial charge in [-0.05, 0) is 439 Å². The molecular weight excluding hydrogens is 1980 g/mol. The molecule has 147 heavy (non-hydrogen) atoms. The molecule has 0 saturated heterocycles. The topological polar surface area (TPSA) is 422 Å². The van der Waals surface area contributed by atoms with Crippen molar-refractivity contribution in [2.75, 3.05) is 0 Å². The largest absolute Gasteiger partial charge is 0.446 e. The highest BCUT2D eigenvalue weighted by Crippen LogP contribution is 2.33. The number of imidazole rings is 2. The summed E-state index contributed by atoms with van der Waals surface area (Å²) < 4.78 is 38.4. The molecule has 0 N–H and O–H groups in total. The van der Waals surface area contributed by atoms with Crippen molar-refractivity contribution in [2.45, 2.75) is 318 Å². The molecule has 0 aliphatic rings. The zero-order chi connectivity index (χ0) is 112. The minimum atomic E-state index is 0.711. The first-order valence-corrected chi connectivity index (χ1v) is 53.1. The monoisotopic (exact) mass is 2140 g/mol. The number of pyridine rings is 1. The third-order valence-electron chi connectivity index (χ3n) is 24.3. The number of hydrogen-bond donors (Lipinski definition) is 0. The van der Waals surface area contributed by atoms with Crippen molar-refractivity contribution in [1.82, 2.24) is 172 Å². The average Bonchev–Trinajstić information content (AvgIpc) is 1.62. The van der Waals surface area contributed by atoms with Crippen LogP contribution in [0.4, 0.5) is 0 Å². The van der Waals surface area contributed by atoms with Crippen LogP contribution in [0.3, 0.4) is 0 Å². The van der Waals surface area contributed by atoms with Gasteiger partial charge in [-0.25, -0.2) is 44.6 Å². The number of benzene rings is 2. The molecule has 44 heteroatoms. The molecule has 0 amide bonds. The lowest BCUT2D eigenvalue weighted by molar-refractivity contribution is 0.392. The van der Waals surface area contributed by atoms with Crippen molar-refractivity contribution in [3.05, 3.63) is 255 Å². The number of nitrogens with zero attached hydrogens (tertiary/aromatic N) is 35. The van der Waals surface area contributed by atoms with Gasteiger partial charge in [-0.2, -0.15) is 28.1 Å². The van der Waals surface area contributed by atoms with E-state index >= 15 is 0 Å². The van der Waals surface area contributed by atoms with Gasteiger partial charge in [0.05, 0.1) is 72.5 Å². The summed E-state index contributed by atoms with van der Waals surface area (Å²) in [6.07, 6.45) is 0. The quantitative estimate of drug-likeness (QED) is 0.136. The summed E-state index contributed by atoms with van der Waals surface area (Å²) >= 11 is 11.0. The molecule has 0 saturated carbocycles. The van der Waals surface area contributed by atoms with Gasteiger partial charge in [0.25, 0.3) is 0 Å². The van der Waals surface area contributed by atoms with Gasteiger partial charge in [-0.3, -0.25) is 14.3 Å². The first-order chi connectivity index (χ1) is 68.3. The highest BCUT2D eigenvalue weighted by Gasteiger charge is 2.17. The summed E-state index contributed by atoms with van der Waals surface area (Å²) in [6.45, 7) is 93.2. The lowest BCUT2D eigenvalue weighted by Gasteiger charge is -2.11. The summed E-state index contributed by atoms with van der Waals surface area (Å²) in [5.41, 5.74) is 33.9. The Morgan fingerprint density at radius 1 is 0.238 bits per heavy atom. The number of aryl methyl sites for hydroxylation is 39. The van der Waals surface area contributed by atoms with Gasteiger partial charge in [0.15, 0.2) is 11.7 Å². The minimum absolute atomic E-state index is 0.711. The summed E-state index contributed by atoms with van der Waals surface area (Å²) in [4.78, 5) is 42.4. The van der Waals surface area contributed by atoms with Gasteiger partial charge in [-0.1, -0.05) is 9.64 Å². The molecule has 17 heterocycles. The van der Waals surface area contributed by atoms with E-state index in [1.165, 1.54) is 165 Å². The number of aromatic nitrogens is 35. The van der Waals surface area contributed by atoms with Gasteiger partial charge in [0.1, 0.15) is 89.0 Å². The Hall–Kier alpha value is -12.4. The maximum Gasteiger partial charge on any atom is 0.191 e. The predicted molar refractivity (Wildman–Crippen MR) is 603 cm³/mol. The van der Waals surface area contributed by atoms with E-state index in [1.807, 2.05) is 204 Å². The summed E-state index contributed by atoms with van der Waals surface area (Å²) in [6, 6.07) is 0. The van der Waals surface area contributed by atoms with Gasteiger partial charge in [-0.15, -0.1) is 74.8 Å². The van der Waals surface area contributed by atoms with Gasteiger partial charge in [0.2, 0.25) is 0 Å². The fourth-order valence-electron chi connectivity index (χ4n) is 12.6. The molecule has 0 fully saturated rings. The van der Waals surface area contributed by atoms with Crippen molar-refractivity contribution in [2.24, 2.45) is 49.3 Å². The summed E-state index contributed by atoms with van der Waals surface area (Å²) in [7, 11) is 13.5. The number of thiazole rings is 2. The van der Waals surface area contributed by atoms with Crippen molar-refractivity contribution < 1.29 is 8.94 Å². The molecule has 0 atom stereocenters. The lowest BCUT2D eigenvalue weighted by Crippen LogP contribution is -1.98. The van der Waals surface area contributed by atoms with E-state index in [2.05, 4.69) is 301 Å². The van der Waals surface area contributed by atoms with Crippen LogP contribution in [0, 0.1) is 318 Å². The second-order valence-electron chi connectivity index (χ2n) is 35.2. The molecule has 0 radical (unpaired) electrons. The summed E-state index contributed by atoms with van der Waals surface area (Å²) in [5, 5.41) is 63.1. The Morgan fingerprint density at radius 3 is 0.986 bits per heavy atom. The third kappa shape index (κ3) is 41.7. The molecule has 800 valence electrons. The van der Waals surface area contributed by atoms with Crippen LogP contribution in [-0.4, -0.2) is 172 Å². The maximum absolute atomic E-state index is 5.10. The normalized spacial score (nSPS) is 10.1. The third-order valence-corrected chi connectivity index (χ3v) is 30.0. The molecule has 19 rings (SSSR count). The van der Waals surface area contributed by atoms with E-state index in [4.69, 9.17) is 8.94 Å². The fraction of sp³-hybridized carbons (Fsp3) is 0.515. The van der Waals surface area contributed by atoms with Crippen LogP contribution >= 0.6 is 80.1 Å². The van der Waals surface area contributed by atoms with Crippen LogP contribution in [0.5, 0.6) is 0 Å². The van der Waals surface area contributed by atoms with Gasteiger partial charge in [0, 0.05) is 98.8 Å². The standard InChI is InChI=1S/C13H18N2.C12H15NS.C10H15N.2C7H12N2.2C6H9NO.2C6H9NS.2C5H9N3.3C4H6N2S.2C3H6N4.C2H3N3S/c1-7-8(2)10(4)13-12(9(7)3)14-11(5)15(13)6;1-6-7(2)9(4)12-11(8(6)3)13-10(5)14-12;1-6-7(2)9(4)11-10(5)8(6)3;1-5-6(2)9(4)7(3)8-5;1-5-6(2)8-9(4)7(5)3;1-4-5(2)8-6(3)7-4;1-4-5(2)7-8-6(4)3;1-4-5(2)8-6(3)7-4;1-4-5(2)7-8-6(4)3;1-4-6-7-5(2)8(4)3;1-4-6-5(2)8(3)7-4;1-3-5-6-4(2)7-3;2*1-3-5-4(2)7-6-3;1-3-4-5-6-7(3)2;1-3-4-6-7(2)5-3;1-2-3-4-5-6-2/h1-6H3;1-5H3;1-5H3;2*1-4H3;6*1-3H3;5*1-2H3;1H3. The second-order valence-corrected chi connectivity index (χ2v) is 43.1. The predicted octanol–water partition coefficient (Wildman–Crippen LogP) is 23.2. The number of oxazole rings is 1. The molecular formula is C103H159N35O2S7. The van der Waals surface area contributed by atoms with Crippen molar-refractivity contribution >= 4 is 101 Å². The van der Waals surface area contributed by atoms with E-state index in [9.17, 15) is 0 Å². The average molecular weight is 2140 g/mol. The van der Waals surface area contributed by atoms with E-state index < -0.39 is 0 Å². The van der Waals surface area contributed by atoms with E-state index in [0.717, 1.165) is 145 Å². The van der Waals surface area contributed by atoms with Gasteiger partial charge < -0.3 is 22.6 Å². The summed E-state index contributed by atoms with van der Waals surface area (Å²) in [5.74, 6) is 11.8. The molecule has 37 nitrogen and oxygen atoms in total. The van der Waals surface area contributed by atoms with Crippen molar-refractivity contribution in [1.29, 1.82) is 0 Å². The Morgan fingerprint density at radius 2 is 0.755 bits per heavy atom. The Bertz CT molecular complexity index is 6530. The van der Waals surface area contributed by atoms with Crippen molar-refractivity contribution in [3.63, 3.8) is 0 Å². The molecule has 2 aromatic carbocycles. The Kier molecular flexibility index (Phi) is 53.8. The highest BCUT2D eigenvalue weighted by atomic mass is 32.1. The molecule has 0 unspecified atom stereocenters. The number of hydrogen-bond acceptors (Lipinski definition) is 37. The lowest BCUT2D eigenvalue weighted by atomic mass is 9.97. The van der Waals surface area contributed by atoms with Crippen LogP contribution in [0.15, 0.2) is 8.94 Å². The molecule has 0 spiro atoms. The Labute approximate surface area is 898 Å². The number of tetrazole rings is 2. The van der Waals surface area contributed by atoms with E-state index in [1.54, 1.807) is 75.9 Å². The van der Waals surface area contributed by atoms with Crippen LogP contribution in [-0.2, 0) is 49.3 Å². The first-order valence-electron chi connectivity index (χ1n) is 47.5. The zero-order valence-corrected chi connectivity index (χ0v) is 103. The molecule has 0 aliphatic heterocycles. The van der Waals surface area contributed by atoms with Crippen LogP contribution < -0.4 is 0 Å². The van der Waals surface area contributed by atoms with E-state index in [-0.39, 0.29) is 0 Å². The maximum atomic E-state index is 5.10.